The smallest absolute Gasteiger partial charge is 0.346 e. The first-order valence-electron chi connectivity index (χ1n) is 8.78. The van der Waals surface area contributed by atoms with Gasteiger partial charge in [0.25, 0.3) is 0 Å². The maximum atomic E-state index is 12.1. The molecule has 2 aromatic carbocycles. The molecular weight excluding hydrogens is 360 g/mol. The number of aryl methyl sites for hydroxylation is 1. The third-order valence-corrected chi connectivity index (χ3v) is 4.57. The first-order valence-corrected chi connectivity index (χ1v) is 8.78. The second-order valence-electron chi connectivity index (χ2n) is 6.52. The topological polar surface area (TPSA) is 78.9 Å². The number of benzene rings is 2. The van der Waals surface area contributed by atoms with E-state index in [9.17, 15) is 9.59 Å². The summed E-state index contributed by atoms with van der Waals surface area (Å²) in [5.74, 6) is 0.572. The number of rotatable bonds is 4. The first-order chi connectivity index (χ1) is 13.5. The zero-order chi connectivity index (χ0) is 19.8. The Morgan fingerprint density at radius 1 is 1.04 bits per heavy atom. The maximum absolute atomic E-state index is 12.1. The Labute approximate surface area is 160 Å². The molecule has 0 fully saturated rings. The van der Waals surface area contributed by atoms with Gasteiger partial charge in [0.1, 0.15) is 22.7 Å². The van der Waals surface area contributed by atoms with Gasteiger partial charge >= 0.3 is 11.6 Å². The van der Waals surface area contributed by atoms with Gasteiger partial charge in [0, 0.05) is 22.4 Å². The molecule has 0 aliphatic rings. The second-order valence-corrected chi connectivity index (χ2v) is 6.52. The predicted molar refractivity (Wildman–Crippen MR) is 105 cm³/mol. The Morgan fingerprint density at radius 2 is 1.82 bits per heavy atom. The van der Waals surface area contributed by atoms with Gasteiger partial charge < -0.3 is 18.3 Å². The van der Waals surface area contributed by atoms with E-state index in [2.05, 4.69) is 0 Å². The zero-order valence-electron chi connectivity index (χ0n) is 15.6. The Balaban J connectivity index is 1.89. The van der Waals surface area contributed by atoms with Crippen LogP contribution in [-0.4, -0.2) is 19.2 Å². The SMILES string of the molecule is COC(=O)[C@H](C)Oc1cc2c(-c3cc4ccccc4o3)cc(=O)oc2cc1C. The van der Waals surface area contributed by atoms with Gasteiger partial charge in [0.05, 0.1) is 7.11 Å². The van der Waals surface area contributed by atoms with Crippen LogP contribution in [0.15, 0.2) is 62.2 Å². The van der Waals surface area contributed by atoms with Crippen molar-refractivity contribution < 1.29 is 23.1 Å². The number of methoxy groups -OCH3 is 1. The van der Waals surface area contributed by atoms with Crippen LogP contribution in [0.1, 0.15) is 12.5 Å². The molecule has 0 spiro atoms. The molecule has 2 heterocycles. The van der Waals surface area contributed by atoms with Gasteiger partial charge in [0.2, 0.25) is 0 Å². The van der Waals surface area contributed by atoms with Gasteiger partial charge in [0.15, 0.2) is 6.10 Å². The Hall–Kier alpha value is -3.54. The van der Waals surface area contributed by atoms with Crippen LogP contribution >= 0.6 is 0 Å². The van der Waals surface area contributed by atoms with Crippen molar-refractivity contribution in [2.75, 3.05) is 7.11 Å². The minimum absolute atomic E-state index is 0.415. The first kappa shape index (κ1) is 17.9. The molecule has 4 aromatic rings. The van der Waals surface area contributed by atoms with Crippen LogP contribution in [0, 0.1) is 6.92 Å². The summed E-state index contributed by atoms with van der Waals surface area (Å²) in [4.78, 5) is 23.8. The van der Waals surface area contributed by atoms with E-state index in [0.29, 0.717) is 28.0 Å². The van der Waals surface area contributed by atoms with Crippen molar-refractivity contribution in [3.05, 3.63) is 64.5 Å². The van der Waals surface area contributed by atoms with E-state index >= 15 is 0 Å². The summed E-state index contributed by atoms with van der Waals surface area (Å²) < 4.78 is 21.8. The lowest BCUT2D eigenvalue weighted by Crippen LogP contribution is -2.25. The van der Waals surface area contributed by atoms with E-state index in [4.69, 9.17) is 18.3 Å². The highest BCUT2D eigenvalue weighted by Crippen LogP contribution is 2.35. The van der Waals surface area contributed by atoms with E-state index in [0.717, 1.165) is 16.5 Å². The lowest BCUT2D eigenvalue weighted by Gasteiger charge is -2.15. The number of furan rings is 1. The fourth-order valence-corrected chi connectivity index (χ4v) is 3.14. The lowest BCUT2D eigenvalue weighted by molar-refractivity contribution is -0.147. The molecule has 0 saturated heterocycles. The molecule has 0 aliphatic heterocycles. The summed E-state index contributed by atoms with van der Waals surface area (Å²) in [5, 5.41) is 1.58. The van der Waals surface area contributed by atoms with Crippen molar-refractivity contribution in [3.63, 3.8) is 0 Å². The highest BCUT2D eigenvalue weighted by atomic mass is 16.6. The molecule has 0 unspecified atom stereocenters. The average molecular weight is 378 g/mol. The van der Waals surface area contributed by atoms with Crippen LogP contribution in [0.2, 0.25) is 0 Å². The number of para-hydroxylation sites is 1. The largest absolute Gasteiger partial charge is 0.479 e. The molecule has 28 heavy (non-hydrogen) atoms. The van der Waals surface area contributed by atoms with Gasteiger partial charge in [-0.1, -0.05) is 18.2 Å². The quantitative estimate of drug-likeness (QED) is 0.385. The molecule has 142 valence electrons. The van der Waals surface area contributed by atoms with E-state index < -0.39 is 17.7 Å². The number of carbonyl (C=O) groups is 1. The normalized spacial score (nSPS) is 12.2. The van der Waals surface area contributed by atoms with Gasteiger partial charge in [-0.15, -0.1) is 0 Å². The van der Waals surface area contributed by atoms with Gasteiger partial charge in [-0.3, -0.25) is 0 Å². The molecule has 0 bridgehead atoms. The summed E-state index contributed by atoms with van der Waals surface area (Å²) in [6.07, 6.45) is -0.772. The monoisotopic (exact) mass is 378 g/mol. The van der Waals surface area contributed by atoms with E-state index in [1.165, 1.54) is 13.2 Å². The maximum Gasteiger partial charge on any atom is 0.346 e. The van der Waals surface area contributed by atoms with Crippen LogP contribution in [0.5, 0.6) is 5.75 Å². The van der Waals surface area contributed by atoms with Crippen LogP contribution in [0.4, 0.5) is 0 Å². The lowest BCUT2D eigenvalue weighted by atomic mass is 10.0. The van der Waals surface area contributed by atoms with Crippen molar-refractivity contribution in [1.82, 2.24) is 0 Å². The molecule has 2 aromatic heterocycles. The van der Waals surface area contributed by atoms with Crippen molar-refractivity contribution >= 4 is 27.9 Å². The van der Waals surface area contributed by atoms with Crippen molar-refractivity contribution in [2.45, 2.75) is 20.0 Å². The molecule has 0 aliphatic carbocycles. The Bertz CT molecular complexity index is 1210. The summed E-state index contributed by atoms with van der Waals surface area (Å²) in [7, 11) is 1.31. The number of ether oxygens (including phenoxy) is 2. The number of hydrogen-bond acceptors (Lipinski definition) is 6. The van der Waals surface area contributed by atoms with E-state index in [1.807, 2.05) is 37.3 Å². The van der Waals surface area contributed by atoms with E-state index in [1.54, 1.807) is 19.1 Å². The average Bonchev–Trinajstić information content (AvgIpc) is 3.11. The molecular formula is C22H18O6. The number of fused-ring (bicyclic) bond motifs is 2. The molecule has 4 rings (SSSR count). The standard InChI is InChI=1S/C22H18O6/c1-12-8-19-15(10-18(12)26-13(2)22(24)25-3)16(11-21(23)28-19)20-9-14-6-4-5-7-17(14)27-20/h4-11,13H,1-3H3/t13-/m0/s1. The summed E-state index contributed by atoms with van der Waals surface area (Å²) >= 11 is 0. The third-order valence-electron chi connectivity index (χ3n) is 4.57. The Kier molecular flexibility index (Phi) is 4.39. The van der Waals surface area contributed by atoms with Crippen LogP contribution in [0.25, 0.3) is 33.3 Å². The summed E-state index contributed by atoms with van der Waals surface area (Å²) in [6, 6.07) is 14.3. The summed E-state index contributed by atoms with van der Waals surface area (Å²) in [5.41, 5.74) is 1.99. The van der Waals surface area contributed by atoms with Crippen LogP contribution < -0.4 is 10.4 Å². The fourth-order valence-electron chi connectivity index (χ4n) is 3.14. The second kappa shape index (κ2) is 6.88. The molecule has 6 heteroatoms. The molecule has 0 saturated carbocycles. The van der Waals surface area contributed by atoms with Crippen molar-refractivity contribution in [2.24, 2.45) is 0 Å². The minimum Gasteiger partial charge on any atom is -0.479 e. The highest BCUT2D eigenvalue weighted by molar-refractivity contribution is 5.95. The number of hydrogen-bond donors (Lipinski definition) is 0. The van der Waals surface area contributed by atoms with Gasteiger partial charge in [-0.2, -0.15) is 0 Å². The molecule has 0 N–H and O–H groups in total. The van der Waals surface area contributed by atoms with Crippen LogP contribution in [-0.2, 0) is 9.53 Å². The highest BCUT2D eigenvalue weighted by Gasteiger charge is 2.19. The predicted octanol–water partition coefficient (Wildman–Crippen LogP) is 4.45. The summed E-state index contributed by atoms with van der Waals surface area (Å²) in [6.45, 7) is 3.42. The van der Waals surface area contributed by atoms with Crippen molar-refractivity contribution in [3.8, 4) is 17.1 Å². The molecule has 0 radical (unpaired) electrons. The number of esters is 1. The molecule has 0 amide bonds. The van der Waals surface area contributed by atoms with Crippen LogP contribution in [0.3, 0.4) is 0 Å². The minimum atomic E-state index is -0.772. The van der Waals surface area contributed by atoms with Gasteiger partial charge in [-0.05, 0) is 43.7 Å². The van der Waals surface area contributed by atoms with E-state index in [-0.39, 0.29) is 0 Å². The third kappa shape index (κ3) is 3.13. The van der Waals surface area contributed by atoms with Gasteiger partial charge in [-0.25, -0.2) is 9.59 Å². The fraction of sp³-hybridized carbons (Fsp3) is 0.182. The Morgan fingerprint density at radius 3 is 2.57 bits per heavy atom. The molecule has 6 nitrogen and oxygen atoms in total. The number of carbonyl (C=O) groups excluding carboxylic acids is 1. The molecule has 1 atom stereocenters. The zero-order valence-corrected chi connectivity index (χ0v) is 15.6. The van der Waals surface area contributed by atoms with Crippen molar-refractivity contribution in [1.29, 1.82) is 0 Å².